The Balaban J connectivity index is 2.07. The van der Waals surface area contributed by atoms with Gasteiger partial charge in [-0.1, -0.05) is 18.9 Å². The van der Waals surface area contributed by atoms with Crippen molar-refractivity contribution in [2.75, 3.05) is 24.1 Å². The minimum absolute atomic E-state index is 0.00625. The second-order valence-electron chi connectivity index (χ2n) is 5.36. The number of benzene rings is 1. The molecule has 0 atom stereocenters. The fourth-order valence-corrected chi connectivity index (χ4v) is 2.47. The summed E-state index contributed by atoms with van der Waals surface area (Å²) in [5.74, 6) is 0. The van der Waals surface area contributed by atoms with E-state index in [0.29, 0.717) is 0 Å². The number of likely N-dealkylation sites (tertiary alicyclic amines) is 1. The van der Waals surface area contributed by atoms with Crippen molar-refractivity contribution in [3.8, 4) is 0 Å². The van der Waals surface area contributed by atoms with Crippen LogP contribution in [0.15, 0.2) is 12.1 Å². The van der Waals surface area contributed by atoms with Crippen LogP contribution in [0, 0.1) is 13.8 Å². The average Bonchev–Trinajstić information content (AvgIpc) is 2.64. The van der Waals surface area contributed by atoms with Crippen molar-refractivity contribution >= 4 is 17.4 Å². The van der Waals surface area contributed by atoms with E-state index >= 15 is 0 Å². The van der Waals surface area contributed by atoms with Gasteiger partial charge in [0.15, 0.2) is 0 Å². The molecule has 0 aliphatic carbocycles. The molecule has 1 aromatic rings. The van der Waals surface area contributed by atoms with Crippen molar-refractivity contribution in [1.29, 1.82) is 0 Å². The topological polar surface area (TPSA) is 58.4 Å². The molecule has 0 aromatic heterocycles. The lowest BCUT2D eigenvalue weighted by molar-refractivity contribution is 0.213. The molecule has 1 aliphatic heterocycles. The van der Waals surface area contributed by atoms with Crippen LogP contribution in [-0.2, 0) is 0 Å². The minimum Gasteiger partial charge on any atom is -0.398 e. The summed E-state index contributed by atoms with van der Waals surface area (Å²) in [5.41, 5.74) is 9.54. The third kappa shape index (κ3) is 3.40. The highest BCUT2D eigenvalue weighted by Gasteiger charge is 2.16. The lowest BCUT2D eigenvalue weighted by Crippen LogP contribution is -2.35. The van der Waals surface area contributed by atoms with Crippen LogP contribution in [0.1, 0.15) is 36.8 Å². The van der Waals surface area contributed by atoms with Gasteiger partial charge in [-0.05, 0) is 43.9 Å². The number of anilines is 2. The highest BCUT2D eigenvalue weighted by atomic mass is 16.2. The van der Waals surface area contributed by atoms with Crippen LogP contribution < -0.4 is 11.1 Å². The van der Waals surface area contributed by atoms with Crippen molar-refractivity contribution in [2.45, 2.75) is 39.5 Å². The standard InChI is InChI=1S/C15H23N3O/c1-11-9-12(2)14(10-13(11)16)17-15(19)18-7-5-3-4-6-8-18/h9-10H,3-8,16H2,1-2H3,(H,17,19). The number of amides is 2. The van der Waals surface area contributed by atoms with Gasteiger partial charge in [0.2, 0.25) is 0 Å². The van der Waals surface area contributed by atoms with E-state index in [1.54, 1.807) is 0 Å². The quantitative estimate of drug-likeness (QED) is 0.762. The molecular weight excluding hydrogens is 238 g/mol. The fourth-order valence-electron chi connectivity index (χ4n) is 2.47. The van der Waals surface area contributed by atoms with Crippen LogP contribution in [0.25, 0.3) is 0 Å². The van der Waals surface area contributed by atoms with Crippen LogP contribution in [0.2, 0.25) is 0 Å². The maximum atomic E-state index is 12.2. The Kier molecular flexibility index (Phi) is 4.30. The van der Waals surface area contributed by atoms with Gasteiger partial charge in [0.1, 0.15) is 0 Å². The molecule has 1 saturated heterocycles. The summed E-state index contributed by atoms with van der Waals surface area (Å²) in [6.07, 6.45) is 4.64. The first-order valence-electron chi connectivity index (χ1n) is 7.00. The van der Waals surface area contributed by atoms with Crippen LogP contribution in [0.5, 0.6) is 0 Å². The molecule has 4 nitrogen and oxygen atoms in total. The van der Waals surface area contributed by atoms with Gasteiger partial charge in [-0.3, -0.25) is 0 Å². The van der Waals surface area contributed by atoms with Crippen LogP contribution >= 0.6 is 0 Å². The molecule has 1 aromatic carbocycles. The zero-order chi connectivity index (χ0) is 13.8. The number of nitrogens with zero attached hydrogens (tertiary/aromatic N) is 1. The molecule has 104 valence electrons. The Bertz CT molecular complexity index is 463. The van der Waals surface area contributed by atoms with E-state index in [1.807, 2.05) is 30.9 Å². The van der Waals surface area contributed by atoms with Gasteiger partial charge in [-0.25, -0.2) is 4.79 Å². The van der Waals surface area contributed by atoms with Crippen molar-refractivity contribution in [2.24, 2.45) is 0 Å². The van der Waals surface area contributed by atoms with Gasteiger partial charge < -0.3 is 16.0 Å². The lowest BCUT2D eigenvalue weighted by atomic mass is 10.1. The molecule has 2 amide bonds. The molecule has 0 bridgehead atoms. The van der Waals surface area contributed by atoms with Gasteiger partial charge in [0.25, 0.3) is 0 Å². The Labute approximate surface area is 115 Å². The van der Waals surface area contributed by atoms with Crippen molar-refractivity contribution in [3.63, 3.8) is 0 Å². The van der Waals surface area contributed by atoms with Gasteiger partial charge in [-0.2, -0.15) is 0 Å². The van der Waals surface area contributed by atoms with Crippen LogP contribution in [0.3, 0.4) is 0 Å². The molecule has 0 spiro atoms. The Morgan fingerprint density at radius 3 is 2.37 bits per heavy atom. The smallest absolute Gasteiger partial charge is 0.321 e. The number of hydrogen-bond acceptors (Lipinski definition) is 2. The number of nitrogens with one attached hydrogen (secondary N) is 1. The molecular formula is C15H23N3O. The molecule has 2 rings (SSSR count). The number of nitrogen functional groups attached to an aromatic ring is 1. The summed E-state index contributed by atoms with van der Waals surface area (Å²) < 4.78 is 0. The number of nitrogens with two attached hydrogens (primary N) is 1. The van der Waals surface area contributed by atoms with E-state index in [2.05, 4.69) is 5.32 Å². The second-order valence-corrected chi connectivity index (χ2v) is 5.36. The van der Waals surface area contributed by atoms with Gasteiger partial charge in [-0.15, -0.1) is 0 Å². The SMILES string of the molecule is Cc1cc(C)c(NC(=O)N2CCCCCC2)cc1N. The summed E-state index contributed by atoms with van der Waals surface area (Å²) >= 11 is 0. The highest BCUT2D eigenvalue weighted by molar-refractivity contribution is 5.91. The maximum absolute atomic E-state index is 12.2. The van der Waals surface area contributed by atoms with Crippen molar-refractivity contribution in [3.05, 3.63) is 23.3 Å². The lowest BCUT2D eigenvalue weighted by Gasteiger charge is -2.21. The fraction of sp³-hybridized carbons (Fsp3) is 0.533. The Hall–Kier alpha value is -1.71. The highest BCUT2D eigenvalue weighted by Crippen LogP contribution is 2.23. The molecule has 0 unspecified atom stereocenters. The van der Waals surface area contributed by atoms with E-state index in [0.717, 1.165) is 48.4 Å². The first-order chi connectivity index (χ1) is 9.08. The zero-order valence-corrected chi connectivity index (χ0v) is 11.8. The Morgan fingerprint density at radius 1 is 1.11 bits per heavy atom. The number of carbonyl (C=O) groups excluding carboxylic acids is 1. The average molecular weight is 261 g/mol. The summed E-state index contributed by atoms with van der Waals surface area (Å²) in [4.78, 5) is 14.1. The third-order valence-corrected chi connectivity index (χ3v) is 3.75. The summed E-state index contributed by atoms with van der Waals surface area (Å²) in [6, 6.07) is 3.85. The predicted molar refractivity (Wildman–Crippen MR) is 79.4 cm³/mol. The number of aryl methyl sites for hydroxylation is 2. The normalized spacial score (nSPS) is 16.0. The molecule has 1 aliphatic rings. The van der Waals surface area contributed by atoms with Gasteiger partial charge in [0, 0.05) is 24.5 Å². The van der Waals surface area contributed by atoms with Crippen molar-refractivity contribution in [1.82, 2.24) is 4.90 Å². The molecule has 3 N–H and O–H groups in total. The largest absolute Gasteiger partial charge is 0.398 e. The van der Waals surface area contributed by atoms with Gasteiger partial charge >= 0.3 is 6.03 Å². The van der Waals surface area contributed by atoms with Crippen LogP contribution in [0.4, 0.5) is 16.2 Å². The Morgan fingerprint density at radius 2 is 1.74 bits per heavy atom. The second kappa shape index (κ2) is 5.95. The number of carbonyl (C=O) groups is 1. The number of rotatable bonds is 1. The maximum Gasteiger partial charge on any atom is 0.321 e. The molecule has 4 heteroatoms. The van der Waals surface area contributed by atoms with E-state index < -0.39 is 0 Å². The monoisotopic (exact) mass is 261 g/mol. The van der Waals surface area contributed by atoms with Gasteiger partial charge in [0.05, 0.1) is 0 Å². The summed E-state index contributed by atoms with van der Waals surface area (Å²) in [7, 11) is 0. The molecule has 19 heavy (non-hydrogen) atoms. The first-order valence-corrected chi connectivity index (χ1v) is 7.00. The van der Waals surface area contributed by atoms with E-state index in [4.69, 9.17) is 5.73 Å². The van der Waals surface area contributed by atoms with E-state index in [-0.39, 0.29) is 6.03 Å². The molecule has 0 saturated carbocycles. The molecule has 0 radical (unpaired) electrons. The number of hydrogen-bond donors (Lipinski definition) is 2. The van der Waals surface area contributed by atoms with Crippen molar-refractivity contribution < 1.29 is 4.79 Å². The summed E-state index contributed by atoms with van der Waals surface area (Å²) in [6.45, 7) is 5.67. The number of urea groups is 1. The third-order valence-electron chi connectivity index (χ3n) is 3.75. The van der Waals surface area contributed by atoms with E-state index in [9.17, 15) is 4.79 Å². The first kappa shape index (κ1) is 13.7. The summed E-state index contributed by atoms with van der Waals surface area (Å²) in [5, 5.41) is 2.98. The zero-order valence-electron chi connectivity index (χ0n) is 11.8. The molecule has 1 heterocycles. The minimum atomic E-state index is -0.00625. The van der Waals surface area contributed by atoms with Crippen LogP contribution in [-0.4, -0.2) is 24.0 Å². The van der Waals surface area contributed by atoms with E-state index in [1.165, 1.54) is 12.8 Å². The molecule has 1 fully saturated rings. The predicted octanol–water partition coefficient (Wildman–Crippen LogP) is 3.29.